The maximum Gasteiger partial charge on any atom is 0.295 e. The number of aliphatic hydroxyl groups excluding tert-OH is 1. The van der Waals surface area contributed by atoms with E-state index in [0.29, 0.717) is 31.0 Å². The molecule has 1 unspecified atom stereocenters. The molecule has 1 atom stereocenters. The van der Waals surface area contributed by atoms with Gasteiger partial charge in [0.1, 0.15) is 11.5 Å². The van der Waals surface area contributed by atoms with E-state index in [2.05, 4.69) is 23.7 Å². The third-order valence-electron chi connectivity index (χ3n) is 5.69. The van der Waals surface area contributed by atoms with Crippen LogP contribution in [-0.4, -0.2) is 64.4 Å². The Bertz CT molecular complexity index is 970. The van der Waals surface area contributed by atoms with Gasteiger partial charge in [0.2, 0.25) is 0 Å². The summed E-state index contributed by atoms with van der Waals surface area (Å²) < 4.78 is 5.77. The molecule has 0 aliphatic carbocycles. The van der Waals surface area contributed by atoms with Crippen molar-refractivity contribution in [3.63, 3.8) is 0 Å². The van der Waals surface area contributed by atoms with Gasteiger partial charge in [-0.1, -0.05) is 32.9 Å². The van der Waals surface area contributed by atoms with Crippen molar-refractivity contribution in [2.24, 2.45) is 0 Å². The number of likely N-dealkylation sites (tertiary alicyclic amines) is 1. The normalized spacial score (nSPS) is 17.9. The highest BCUT2D eigenvalue weighted by molar-refractivity contribution is 6.46. The Morgan fingerprint density at radius 3 is 2.50 bits per heavy atom. The maximum absolute atomic E-state index is 13.1. The molecule has 7 nitrogen and oxygen atoms in total. The number of amides is 1. The number of carbonyl (C=O) groups excluding carboxylic acids is 2. The molecule has 3 rings (SSSR count). The van der Waals surface area contributed by atoms with Gasteiger partial charge in [-0.2, -0.15) is 0 Å². The van der Waals surface area contributed by atoms with Crippen LogP contribution in [0.3, 0.4) is 0 Å². The van der Waals surface area contributed by atoms with Gasteiger partial charge in [0.25, 0.3) is 11.7 Å². The van der Waals surface area contributed by atoms with Gasteiger partial charge in [-0.25, -0.2) is 0 Å². The molecule has 0 radical (unpaired) electrons. The Balaban J connectivity index is 2.07. The molecule has 1 amide bonds. The van der Waals surface area contributed by atoms with Gasteiger partial charge in [-0.15, -0.1) is 0 Å². The quantitative estimate of drug-likeness (QED) is 0.347. The van der Waals surface area contributed by atoms with Crippen LogP contribution < -0.4 is 4.74 Å². The predicted octanol–water partition coefficient (Wildman–Crippen LogP) is 3.63. The molecule has 0 saturated carbocycles. The Hall–Kier alpha value is -3.19. The molecular weight excluding hydrogens is 406 g/mol. The number of aromatic nitrogens is 1. The van der Waals surface area contributed by atoms with E-state index >= 15 is 0 Å². The fourth-order valence-electron chi connectivity index (χ4n) is 3.91. The van der Waals surface area contributed by atoms with Crippen molar-refractivity contribution in [2.75, 3.05) is 32.8 Å². The fraction of sp³-hybridized carbons (Fsp3) is 0.400. The highest BCUT2D eigenvalue weighted by Gasteiger charge is 2.46. The molecule has 0 bridgehead atoms. The van der Waals surface area contributed by atoms with E-state index in [1.807, 2.05) is 31.2 Å². The number of nitrogens with zero attached hydrogens (tertiary/aromatic N) is 3. The van der Waals surface area contributed by atoms with Gasteiger partial charge < -0.3 is 19.6 Å². The average molecular weight is 438 g/mol. The summed E-state index contributed by atoms with van der Waals surface area (Å²) in [5.74, 6) is -0.801. The largest absolute Gasteiger partial charge is 0.507 e. The molecule has 1 fully saturated rings. The van der Waals surface area contributed by atoms with E-state index in [0.717, 1.165) is 25.1 Å². The molecule has 170 valence electrons. The van der Waals surface area contributed by atoms with Crippen LogP contribution in [-0.2, 0) is 9.59 Å². The molecule has 1 N–H and O–H groups in total. The van der Waals surface area contributed by atoms with Crippen LogP contribution in [0.15, 0.2) is 54.4 Å². The van der Waals surface area contributed by atoms with E-state index in [4.69, 9.17) is 4.74 Å². The van der Waals surface area contributed by atoms with Crippen molar-refractivity contribution < 1.29 is 19.4 Å². The highest BCUT2D eigenvalue weighted by Crippen LogP contribution is 2.40. The molecule has 7 heteroatoms. The van der Waals surface area contributed by atoms with Gasteiger partial charge in [0.15, 0.2) is 0 Å². The number of benzene rings is 1. The van der Waals surface area contributed by atoms with E-state index in [9.17, 15) is 14.7 Å². The average Bonchev–Trinajstić information content (AvgIpc) is 3.08. The first-order chi connectivity index (χ1) is 15.5. The van der Waals surface area contributed by atoms with Crippen molar-refractivity contribution in [1.29, 1.82) is 0 Å². The number of carbonyl (C=O) groups is 2. The molecular formula is C25H31N3O4. The summed E-state index contributed by atoms with van der Waals surface area (Å²) in [5.41, 5.74) is 1.27. The van der Waals surface area contributed by atoms with Crippen molar-refractivity contribution >= 4 is 17.4 Å². The molecule has 2 heterocycles. The van der Waals surface area contributed by atoms with E-state index < -0.39 is 17.7 Å². The summed E-state index contributed by atoms with van der Waals surface area (Å²) in [6.07, 6.45) is 3.95. The Morgan fingerprint density at radius 1 is 1.12 bits per heavy atom. The topological polar surface area (TPSA) is 83.0 Å². The van der Waals surface area contributed by atoms with E-state index in [1.54, 1.807) is 29.4 Å². The number of pyridine rings is 1. The van der Waals surface area contributed by atoms with Gasteiger partial charge >= 0.3 is 0 Å². The van der Waals surface area contributed by atoms with Gasteiger partial charge in [-0.3, -0.25) is 14.6 Å². The molecule has 1 saturated heterocycles. The fourth-order valence-corrected chi connectivity index (χ4v) is 3.91. The summed E-state index contributed by atoms with van der Waals surface area (Å²) in [6, 6.07) is 9.95. The lowest BCUT2D eigenvalue weighted by Crippen LogP contribution is -2.38. The van der Waals surface area contributed by atoms with Crippen molar-refractivity contribution in [1.82, 2.24) is 14.8 Å². The third-order valence-corrected chi connectivity index (χ3v) is 5.69. The lowest BCUT2D eigenvalue weighted by Gasteiger charge is -2.28. The van der Waals surface area contributed by atoms with Crippen LogP contribution in [0, 0.1) is 0 Å². The number of hydrogen-bond acceptors (Lipinski definition) is 6. The minimum absolute atomic E-state index is 0.0911. The molecule has 1 aromatic heterocycles. The van der Waals surface area contributed by atoms with Crippen molar-refractivity contribution in [3.05, 3.63) is 65.5 Å². The summed E-state index contributed by atoms with van der Waals surface area (Å²) in [5, 5.41) is 11.0. The monoisotopic (exact) mass is 437 g/mol. The standard InChI is InChI=1S/C25H31N3O4/c1-4-16-32-20-9-7-8-19(17-20)22-21(23(29)18-10-12-26-13-11-18)24(30)25(31)28(22)15-14-27(5-2)6-3/h7-13,17,22,29H,4-6,14-16H2,1-3H3. The molecule has 2 aromatic rings. The zero-order chi connectivity index (χ0) is 23.1. The second-order valence-corrected chi connectivity index (χ2v) is 7.68. The van der Waals surface area contributed by atoms with E-state index in [-0.39, 0.29) is 11.3 Å². The third kappa shape index (κ3) is 4.99. The lowest BCUT2D eigenvalue weighted by atomic mass is 9.95. The van der Waals surface area contributed by atoms with Crippen LogP contribution >= 0.6 is 0 Å². The van der Waals surface area contributed by atoms with Crippen LogP contribution in [0.5, 0.6) is 5.75 Å². The van der Waals surface area contributed by atoms with E-state index in [1.165, 1.54) is 0 Å². The minimum Gasteiger partial charge on any atom is -0.507 e. The van der Waals surface area contributed by atoms with Crippen LogP contribution in [0.2, 0.25) is 0 Å². The second-order valence-electron chi connectivity index (χ2n) is 7.68. The predicted molar refractivity (Wildman–Crippen MR) is 123 cm³/mol. The summed E-state index contributed by atoms with van der Waals surface area (Å²) in [6.45, 7) is 9.44. The van der Waals surface area contributed by atoms with Crippen LogP contribution in [0.25, 0.3) is 5.76 Å². The SMILES string of the molecule is CCCOc1cccc(C2C(=C(O)c3ccncc3)C(=O)C(=O)N2CCN(CC)CC)c1. The van der Waals surface area contributed by atoms with Gasteiger partial charge in [-0.05, 0) is 49.3 Å². The Morgan fingerprint density at radius 2 is 1.84 bits per heavy atom. The number of aliphatic hydroxyl groups is 1. The summed E-state index contributed by atoms with van der Waals surface area (Å²) >= 11 is 0. The maximum atomic E-state index is 13.1. The number of hydrogen-bond donors (Lipinski definition) is 1. The Labute approximate surface area is 189 Å². The molecule has 1 aromatic carbocycles. The minimum atomic E-state index is -0.691. The first kappa shape index (κ1) is 23.5. The summed E-state index contributed by atoms with van der Waals surface area (Å²) in [4.78, 5) is 33.9. The number of ether oxygens (including phenoxy) is 1. The molecule has 32 heavy (non-hydrogen) atoms. The molecule has 1 aliphatic heterocycles. The van der Waals surface area contributed by atoms with Crippen LogP contribution in [0.1, 0.15) is 44.4 Å². The smallest absolute Gasteiger partial charge is 0.295 e. The zero-order valence-corrected chi connectivity index (χ0v) is 19.0. The first-order valence-electron chi connectivity index (χ1n) is 11.2. The Kier molecular flexibility index (Phi) is 8.00. The number of likely N-dealkylation sites (N-methyl/N-ethyl adjacent to an activating group) is 1. The highest BCUT2D eigenvalue weighted by atomic mass is 16.5. The summed E-state index contributed by atoms with van der Waals surface area (Å²) in [7, 11) is 0. The second kappa shape index (κ2) is 10.9. The first-order valence-corrected chi connectivity index (χ1v) is 11.2. The number of ketones is 1. The molecule has 1 aliphatic rings. The van der Waals surface area contributed by atoms with Gasteiger partial charge in [0, 0.05) is 31.0 Å². The molecule has 0 spiro atoms. The van der Waals surface area contributed by atoms with Crippen LogP contribution in [0.4, 0.5) is 0 Å². The zero-order valence-electron chi connectivity index (χ0n) is 19.0. The number of Topliss-reactive ketones (excluding diaryl/α,β-unsaturated/α-hetero) is 1. The van der Waals surface area contributed by atoms with Gasteiger partial charge in [0.05, 0.1) is 18.2 Å². The van der Waals surface area contributed by atoms with Crippen molar-refractivity contribution in [3.8, 4) is 5.75 Å². The lowest BCUT2D eigenvalue weighted by molar-refractivity contribution is -0.140. The number of rotatable bonds is 10. The van der Waals surface area contributed by atoms with Crippen molar-refractivity contribution in [2.45, 2.75) is 33.2 Å².